The van der Waals surface area contributed by atoms with E-state index in [1.54, 1.807) is 0 Å². The number of H-pyrrole nitrogens is 1. The summed E-state index contributed by atoms with van der Waals surface area (Å²) in [6.07, 6.45) is -2.52. The van der Waals surface area contributed by atoms with E-state index in [4.69, 9.17) is 27.7 Å². The molecule has 31 heavy (non-hydrogen) atoms. The number of rotatable bonds is 9. The van der Waals surface area contributed by atoms with E-state index in [0.717, 1.165) is 0 Å². The smallest absolute Gasteiger partial charge is 0.355 e. The van der Waals surface area contributed by atoms with Crippen LogP contribution in [0, 0.1) is 0 Å². The molecule has 1 aromatic heterocycles. The fourth-order valence-electron chi connectivity index (χ4n) is 2.83. The summed E-state index contributed by atoms with van der Waals surface area (Å²) in [5.41, 5.74) is -1.19. The molecular formula is C18H33N2O9PSi. The van der Waals surface area contributed by atoms with Crippen molar-refractivity contribution in [3.8, 4) is 0 Å². The van der Waals surface area contributed by atoms with Crippen LogP contribution in [-0.2, 0) is 32.2 Å². The molecule has 2 rings (SSSR count). The predicted molar refractivity (Wildman–Crippen MR) is 116 cm³/mol. The molecule has 178 valence electrons. The Balaban J connectivity index is 2.42. The molecule has 0 aromatic carbocycles. The molecule has 4 atom stereocenters. The third kappa shape index (κ3) is 5.82. The molecule has 0 spiro atoms. The van der Waals surface area contributed by atoms with Crippen molar-refractivity contribution in [2.75, 3.05) is 27.7 Å². The first-order valence-corrected chi connectivity index (χ1v) is 14.4. The number of hydrogen-bond acceptors (Lipinski definition) is 9. The molecule has 0 saturated carbocycles. The average molecular weight is 481 g/mol. The Morgan fingerprint density at radius 1 is 1.16 bits per heavy atom. The molecule has 0 aliphatic carbocycles. The van der Waals surface area contributed by atoms with Gasteiger partial charge < -0.3 is 27.7 Å². The highest BCUT2D eigenvalue weighted by atomic mass is 31.2. The molecule has 1 aromatic rings. The minimum atomic E-state index is -3.48. The summed E-state index contributed by atoms with van der Waals surface area (Å²) >= 11 is 0. The van der Waals surface area contributed by atoms with Gasteiger partial charge in [-0.3, -0.25) is 18.9 Å². The van der Waals surface area contributed by atoms with Crippen LogP contribution in [0.5, 0.6) is 0 Å². The van der Waals surface area contributed by atoms with E-state index in [9.17, 15) is 14.2 Å². The van der Waals surface area contributed by atoms with Crippen molar-refractivity contribution in [3.05, 3.63) is 33.1 Å². The van der Waals surface area contributed by atoms with Gasteiger partial charge in [0.25, 0.3) is 5.56 Å². The first-order valence-electron chi connectivity index (χ1n) is 9.78. The zero-order valence-corrected chi connectivity index (χ0v) is 21.1. The van der Waals surface area contributed by atoms with Crippen LogP contribution in [0.15, 0.2) is 21.9 Å². The van der Waals surface area contributed by atoms with Crippen LogP contribution in [-0.4, -0.2) is 64.0 Å². The zero-order valence-electron chi connectivity index (χ0n) is 19.2. The largest absolute Gasteiger partial charge is 0.406 e. The van der Waals surface area contributed by atoms with Crippen LogP contribution >= 0.6 is 7.60 Å². The van der Waals surface area contributed by atoms with Crippen LogP contribution in [0.3, 0.4) is 0 Å². The molecule has 1 saturated heterocycles. The van der Waals surface area contributed by atoms with Crippen molar-refractivity contribution in [2.45, 2.75) is 63.6 Å². The molecule has 13 heteroatoms. The molecule has 0 unspecified atom stereocenters. The summed E-state index contributed by atoms with van der Waals surface area (Å²) in [6, 6.07) is 1.21. The standard InChI is InChI=1S/C18H33N2O9PSi/c1-18(2,3)31(7,8)29-14-13(24-4)15(20-10-9-12(21)19-17(20)22)28-16(14)27-11-30(23,25-5)26-6/h9-10,13-16H,11H2,1-8H3,(H,19,21,22)/t13-,14+,15-,16+/m1/s1. The van der Waals surface area contributed by atoms with E-state index >= 15 is 0 Å². The minimum Gasteiger partial charge on any atom is -0.406 e. The third-order valence-electron chi connectivity index (χ3n) is 5.73. The summed E-state index contributed by atoms with van der Waals surface area (Å²) in [5.74, 6) is 0. The number of aromatic amines is 1. The Hall–Kier alpha value is -1.11. The first kappa shape index (κ1) is 26.1. The van der Waals surface area contributed by atoms with E-state index in [2.05, 4.69) is 38.8 Å². The lowest BCUT2D eigenvalue weighted by atomic mass is 10.2. The average Bonchev–Trinajstić information content (AvgIpc) is 3.01. The normalized spacial score (nSPS) is 25.2. The van der Waals surface area contributed by atoms with Crippen molar-refractivity contribution in [1.29, 1.82) is 0 Å². The summed E-state index contributed by atoms with van der Waals surface area (Å²) < 4.78 is 47.5. The third-order valence-corrected chi connectivity index (χ3v) is 11.8. The van der Waals surface area contributed by atoms with Gasteiger partial charge in [-0.05, 0) is 18.1 Å². The second kappa shape index (κ2) is 9.80. The SMILES string of the molecule is CO[C@@H]1[C@H](O[Si](C)(C)C(C)(C)C)[C@@H](OCP(=O)(OC)OC)O[C@H]1n1ccc(=O)[nH]c1=O. The molecule has 0 bridgehead atoms. The maximum absolute atomic E-state index is 12.5. The monoisotopic (exact) mass is 480 g/mol. The molecule has 2 heterocycles. The Bertz CT molecular complexity index is 902. The van der Waals surface area contributed by atoms with Crippen LogP contribution < -0.4 is 11.2 Å². The van der Waals surface area contributed by atoms with Gasteiger partial charge >= 0.3 is 13.3 Å². The molecule has 1 aliphatic rings. The molecule has 0 amide bonds. The number of ether oxygens (including phenoxy) is 3. The van der Waals surface area contributed by atoms with Crippen molar-refractivity contribution in [3.63, 3.8) is 0 Å². The lowest BCUT2D eigenvalue weighted by Gasteiger charge is -2.40. The Morgan fingerprint density at radius 3 is 2.26 bits per heavy atom. The van der Waals surface area contributed by atoms with E-state index in [1.165, 1.54) is 38.2 Å². The molecule has 11 nitrogen and oxygen atoms in total. The van der Waals surface area contributed by atoms with E-state index in [0.29, 0.717) is 0 Å². The Labute approximate surface area is 182 Å². The molecule has 1 aliphatic heterocycles. The molecule has 1 N–H and O–H groups in total. The van der Waals surface area contributed by atoms with E-state index in [-0.39, 0.29) is 11.4 Å². The van der Waals surface area contributed by atoms with Gasteiger partial charge in [0.1, 0.15) is 12.2 Å². The Kier molecular flexibility index (Phi) is 8.26. The zero-order chi connectivity index (χ0) is 23.6. The lowest BCUT2D eigenvalue weighted by molar-refractivity contribution is -0.167. The summed E-state index contributed by atoms with van der Waals surface area (Å²) in [4.78, 5) is 26.0. The van der Waals surface area contributed by atoms with Gasteiger partial charge in [-0.25, -0.2) is 4.79 Å². The van der Waals surface area contributed by atoms with Crippen molar-refractivity contribution < 1.29 is 32.2 Å². The van der Waals surface area contributed by atoms with Gasteiger partial charge in [-0.15, -0.1) is 0 Å². The van der Waals surface area contributed by atoms with Crippen molar-refractivity contribution in [2.24, 2.45) is 0 Å². The number of nitrogens with one attached hydrogen (secondary N) is 1. The van der Waals surface area contributed by atoms with Crippen LogP contribution in [0.2, 0.25) is 18.1 Å². The van der Waals surface area contributed by atoms with Crippen molar-refractivity contribution >= 4 is 15.9 Å². The van der Waals surface area contributed by atoms with Gasteiger partial charge in [-0.1, -0.05) is 20.8 Å². The predicted octanol–water partition coefficient (Wildman–Crippen LogP) is 2.26. The topological polar surface area (TPSA) is 127 Å². The van der Waals surface area contributed by atoms with Gasteiger partial charge in [0.05, 0.1) is 0 Å². The fourth-order valence-corrected chi connectivity index (χ4v) is 4.80. The molecule has 0 radical (unpaired) electrons. The highest BCUT2D eigenvalue weighted by Gasteiger charge is 2.52. The minimum absolute atomic E-state index is 0.128. The highest BCUT2D eigenvalue weighted by Crippen LogP contribution is 2.48. The van der Waals surface area contributed by atoms with Gasteiger partial charge in [0.15, 0.2) is 27.2 Å². The maximum Gasteiger partial charge on any atom is 0.355 e. The second-order valence-electron chi connectivity index (χ2n) is 8.73. The quantitative estimate of drug-likeness (QED) is 0.418. The maximum atomic E-state index is 12.5. The van der Waals surface area contributed by atoms with Crippen LogP contribution in [0.4, 0.5) is 0 Å². The number of nitrogens with zero attached hydrogens (tertiary/aromatic N) is 1. The van der Waals surface area contributed by atoms with Crippen molar-refractivity contribution in [1.82, 2.24) is 9.55 Å². The summed E-state index contributed by atoms with van der Waals surface area (Å²) in [5, 5.41) is -0.128. The van der Waals surface area contributed by atoms with Crippen LogP contribution in [0.1, 0.15) is 27.0 Å². The van der Waals surface area contributed by atoms with Crippen LogP contribution in [0.25, 0.3) is 0 Å². The second-order valence-corrected chi connectivity index (χ2v) is 15.7. The highest BCUT2D eigenvalue weighted by molar-refractivity contribution is 7.53. The molecule has 1 fully saturated rings. The first-order chi connectivity index (χ1) is 14.3. The molecular weight excluding hydrogens is 447 g/mol. The fraction of sp³-hybridized carbons (Fsp3) is 0.778. The summed E-state index contributed by atoms with van der Waals surface area (Å²) in [6.45, 7) is 10.4. The van der Waals surface area contributed by atoms with Gasteiger partial charge in [0.2, 0.25) is 0 Å². The van der Waals surface area contributed by atoms with Gasteiger partial charge in [0, 0.05) is 33.6 Å². The number of aromatic nitrogens is 2. The lowest BCUT2D eigenvalue weighted by Crippen LogP contribution is -2.50. The number of methoxy groups -OCH3 is 1. The van der Waals surface area contributed by atoms with E-state index in [1.807, 2.05) is 0 Å². The Morgan fingerprint density at radius 2 is 1.77 bits per heavy atom. The van der Waals surface area contributed by atoms with E-state index < -0.39 is 51.9 Å². The number of hydrogen-bond donors (Lipinski definition) is 1. The van der Waals surface area contributed by atoms with Gasteiger partial charge in [-0.2, -0.15) is 0 Å². The summed E-state index contributed by atoms with van der Waals surface area (Å²) in [7, 11) is -1.83.